The van der Waals surface area contributed by atoms with Gasteiger partial charge in [-0.15, -0.1) is 0 Å². The van der Waals surface area contributed by atoms with Gasteiger partial charge in [-0.25, -0.2) is 18.9 Å². The molecule has 0 amide bonds. The van der Waals surface area contributed by atoms with Gasteiger partial charge >= 0.3 is 0 Å². The Morgan fingerprint density at radius 3 is 2.59 bits per heavy atom. The van der Waals surface area contributed by atoms with E-state index >= 15 is 0 Å². The molecule has 17 heavy (non-hydrogen) atoms. The Bertz CT molecular complexity index is 464. The zero-order valence-electron chi connectivity index (χ0n) is 9.46. The first-order valence-electron chi connectivity index (χ1n) is 5.54. The van der Waals surface area contributed by atoms with E-state index in [0.717, 1.165) is 31.6 Å². The predicted octanol–water partition coefficient (Wildman–Crippen LogP) is -0.200. The molecule has 0 aliphatic carbocycles. The number of nitrogens with two attached hydrogens (primary N) is 1. The molecule has 0 spiro atoms. The second-order valence-corrected chi connectivity index (χ2v) is 5.75. The zero-order chi connectivity index (χ0) is 12.3. The molecule has 6 heteroatoms. The number of hydrogen-bond donors (Lipinski definition) is 2. The van der Waals surface area contributed by atoms with Gasteiger partial charge < -0.3 is 5.32 Å². The van der Waals surface area contributed by atoms with Crippen LogP contribution < -0.4 is 15.8 Å². The van der Waals surface area contributed by atoms with Gasteiger partial charge in [-0.3, -0.25) is 0 Å². The van der Waals surface area contributed by atoms with Crippen molar-refractivity contribution in [3.8, 4) is 0 Å². The van der Waals surface area contributed by atoms with Gasteiger partial charge in [-0.2, -0.15) is 0 Å². The van der Waals surface area contributed by atoms with Crippen molar-refractivity contribution in [3.63, 3.8) is 0 Å². The molecule has 1 unspecified atom stereocenters. The quantitative estimate of drug-likeness (QED) is 0.780. The molecule has 1 aromatic rings. The largest absolute Gasteiger partial charge is 0.309 e. The van der Waals surface area contributed by atoms with Gasteiger partial charge in [0.25, 0.3) is 0 Å². The molecule has 0 aromatic heterocycles. The minimum atomic E-state index is -3.59. The summed E-state index contributed by atoms with van der Waals surface area (Å²) in [5.74, 6) is 0. The van der Waals surface area contributed by atoms with Crippen LogP contribution in [0.4, 0.5) is 0 Å². The van der Waals surface area contributed by atoms with Crippen LogP contribution in [0.5, 0.6) is 0 Å². The Hall–Kier alpha value is -0.950. The molecule has 1 atom stereocenters. The number of benzene rings is 1. The van der Waals surface area contributed by atoms with Crippen molar-refractivity contribution in [3.05, 3.63) is 29.8 Å². The van der Waals surface area contributed by atoms with Crippen molar-refractivity contribution < 1.29 is 8.42 Å². The molecule has 1 fully saturated rings. The first-order chi connectivity index (χ1) is 8.05. The average molecular weight is 254 g/mol. The number of rotatable bonds is 4. The summed E-state index contributed by atoms with van der Waals surface area (Å²) in [4.78, 5) is 0.150. The minimum absolute atomic E-state index is 0.150. The smallest absolute Gasteiger partial charge is 0.238 e. The van der Waals surface area contributed by atoms with Crippen molar-refractivity contribution in [1.82, 2.24) is 10.6 Å². The van der Waals surface area contributed by atoms with Gasteiger partial charge in [0.1, 0.15) is 0 Å². The molecule has 1 aromatic carbocycles. The summed E-state index contributed by atoms with van der Waals surface area (Å²) >= 11 is 0. The standard InChI is InChI=1S/C11H16N3O2S/c12-17(15,16)11-3-1-9(2-4-11)7-14-10-5-6-13-8-10/h1-4,10,14H,5-8H2,(H2,12,15,16). The van der Waals surface area contributed by atoms with Crippen LogP contribution in [0.3, 0.4) is 0 Å². The van der Waals surface area contributed by atoms with Crippen LogP contribution in [0, 0.1) is 0 Å². The number of hydrogen-bond acceptors (Lipinski definition) is 3. The average Bonchev–Trinajstić information content (AvgIpc) is 2.78. The number of primary sulfonamides is 1. The lowest BCUT2D eigenvalue weighted by Gasteiger charge is -2.10. The summed E-state index contributed by atoms with van der Waals surface area (Å²) in [5, 5.41) is 12.7. The van der Waals surface area contributed by atoms with E-state index in [-0.39, 0.29) is 4.90 Å². The van der Waals surface area contributed by atoms with E-state index in [4.69, 9.17) is 5.14 Å². The van der Waals surface area contributed by atoms with Crippen molar-refractivity contribution in [2.45, 2.75) is 23.9 Å². The predicted molar refractivity (Wildman–Crippen MR) is 64.9 cm³/mol. The Labute approximate surface area is 101 Å². The Balaban J connectivity index is 1.94. The van der Waals surface area contributed by atoms with E-state index in [9.17, 15) is 8.42 Å². The zero-order valence-corrected chi connectivity index (χ0v) is 10.3. The van der Waals surface area contributed by atoms with Crippen molar-refractivity contribution in [1.29, 1.82) is 0 Å². The highest BCUT2D eigenvalue weighted by atomic mass is 32.2. The normalized spacial score (nSPS) is 20.6. The number of nitrogens with zero attached hydrogens (tertiary/aromatic N) is 1. The maximum atomic E-state index is 11.1. The van der Waals surface area contributed by atoms with Crippen LogP contribution in [0.25, 0.3) is 0 Å². The summed E-state index contributed by atoms with van der Waals surface area (Å²) < 4.78 is 22.1. The fraction of sp³-hybridized carbons (Fsp3) is 0.455. The third kappa shape index (κ3) is 3.50. The van der Waals surface area contributed by atoms with Crippen molar-refractivity contribution in [2.24, 2.45) is 5.14 Å². The highest BCUT2D eigenvalue weighted by Crippen LogP contribution is 2.09. The molecule has 1 heterocycles. The van der Waals surface area contributed by atoms with E-state index < -0.39 is 10.0 Å². The molecule has 0 bridgehead atoms. The Kier molecular flexibility index (Phi) is 3.78. The molecule has 1 aliphatic rings. The van der Waals surface area contributed by atoms with Gasteiger partial charge in [0, 0.05) is 25.7 Å². The number of sulfonamides is 1. The lowest BCUT2D eigenvalue weighted by molar-refractivity contribution is 0.546. The maximum absolute atomic E-state index is 11.1. The third-order valence-corrected chi connectivity index (χ3v) is 3.76. The van der Waals surface area contributed by atoms with Gasteiger partial charge in [-0.1, -0.05) is 12.1 Å². The van der Waals surface area contributed by atoms with E-state index in [1.807, 2.05) is 0 Å². The molecule has 2 rings (SSSR count). The molecule has 1 radical (unpaired) electrons. The van der Waals surface area contributed by atoms with Crippen LogP contribution >= 0.6 is 0 Å². The van der Waals surface area contributed by atoms with Crippen LogP contribution in [0.2, 0.25) is 0 Å². The van der Waals surface area contributed by atoms with Gasteiger partial charge in [-0.05, 0) is 24.1 Å². The van der Waals surface area contributed by atoms with E-state index in [2.05, 4.69) is 10.6 Å². The maximum Gasteiger partial charge on any atom is 0.238 e. The minimum Gasteiger partial charge on any atom is -0.309 e. The SMILES string of the molecule is NS(=O)(=O)c1ccc(CNC2CC[N]C2)cc1. The van der Waals surface area contributed by atoms with Gasteiger partial charge in [0.2, 0.25) is 10.0 Å². The van der Waals surface area contributed by atoms with Crippen molar-refractivity contribution >= 4 is 10.0 Å². The highest BCUT2D eigenvalue weighted by molar-refractivity contribution is 7.89. The van der Waals surface area contributed by atoms with Gasteiger partial charge in [0.15, 0.2) is 0 Å². The molecular formula is C11H16N3O2S. The summed E-state index contributed by atoms with van der Waals surface area (Å²) in [6.45, 7) is 2.53. The third-order valence-electron chi connectivity index (χ3n) is 2.83. The molecule has 5 nitrogen and oxygen atoms in total. The van der Waals surface area contributed by atoms with Crippen LogP contribution in [0.15, 0.2) is 29.2 Å². The lowest BCUT2D eigenvalue weighted by atomic mass is 10.2. The second-order valence-electron chi connectivity index (χ2n) is 4.19. The Morgan fingerprint density at radius 1 is 1.35 bits per heavy atom. The highest BCUT2D eigenvalue weighted by Gasteiger charge is 2.14. The number of nitrogens with one attached hydrogen (secondary N) is 1. The molecule has 93 valence electrons. The lowest BCUT2D eigenvalue weighted by Crippen LogP contribution is -2.29. The van der Waals surface area contributed by atoms with Crippen LogP contribution in [-0.4, -0.2) is 27.5 Å². The summed E-state index contributed by atoms with van der Waals surface area (Å²) in [5.41, 5.74) is 1.05. The second kappa shape index (κ2) is 5.14. The topological polar surface area (TPSA) is 86.3 Å². The van der Waals surface area contributed by atoms with Crippen LogP contribution in [-0.2, 0) is 16.6 Å². The fourth-order valence-corrected chi connectivity index (χ4v) is 2.33. The molecule has 1 aliphatic heterocycles. The summed E-state index contributed by atoms with van der Waals surface area (Å²) in [7, 11) is -3.59. The van der Waals surface area contributed by atoms with E-state index in [1.54, 1.807) is 12.1 Å². The summed E-state index contributed by atoms with van der Waals surface area (Å²) in [6, 6.07) is 7.07. The van der Waals surface area contributed by atoms with Crippen LogP contribution in [0.1, 0.15) is 12.0 Å². The molecule has 1 saturated heterocycles. The fourth-order valence-electron chi connectivity index (χ4n) is 1.81. The van der Waals surface area contributed by atoms with E-state index in [1.165, 1.54) is 12.1 Å². The van der Waals surface area contributed by atoms with Crippen molar-refractivity contribution in [2.75, 3.05) is 13.1 Å². The monoisotopic (exact) mass is 254 g/mol. The first-order valence-corrected chi connectivity index (χ1v) is 7.09. The Morgan fingerprint density at radius 2 is 2.06 bits per heavy atom. The molecule has 0 saturated carbocycles. The molecule has 3 N–H and O–H groups in total. The van der Waals surface area contributed by atoms with E-state index in [0.29, 0.717) is 6.04 Å². The van der Waals surface area contributed by atoms with Gasteiger partial charge in [0.05, 0.1) is 4.90 Å². The molecular weight excluding hydrogens is 238 g/mol. The summed E-state index contributed by atoms with van der Waals surface area (Å²) in [6.07, 6.45) is 1.08. The first kappa shape index (κ1) is 12.5.